The van der Waals surface area contributed by atoms with E-state index < -0.39 is 0 Å². The number of aryl methyl sites for hydroxylation is 1. The monoisotopic (exact) mass is 376 g/mol. The van der Waals surface area contributed by atoms with E-state index >= 15 is 0 Å². The average molecular weight is 376 g/mol. The first-order valence-corrected chi connectivity index (χ1v) is 9.69. The summed E-state index contributed by atoms with van der Waals surface area (Å²) in [6, 6.07) is 1.89. The van der Waals surface area contributed by atoms with Crippen molar-refractivity contribution in [2.24, 2.45) is 7.05 Å². The van der Waals surface area contributed by atoms with E-state index in [2.05, 4.69) is 10.2 Å². The lowest BCUT2D eigenvalue weighted by Gasteiger charge is -2.08. The van der Waals surface area contributed by atoms with E-state index in [0.717, 1.165) is 22.4 Å². The van der Waals surface area contributed by atoms with Crippen molar-refractivity contribution in [2.45, 2.75) is 50.7 Å². The lowest BCUT2D eigenvalue weighted by atomic mass is 10.2. The van der Waals surface area contributed by atoms with Crippen LogP contribution in [0.5, 0.6) is 0 Å². The predicted octanol–water partition coefficient (Wildman–Crippen LogP) is 2.65. The third kappa shape index (κ3) is 3.85. The first-order valence-electron chi connectivity index (χ1n) is 8.71. The average Bonchev–Trinajstić information content (AvgIpc) is 3.34. The Morgan fingerprint density at radius 3 is 2.69 bits per heavy atom. The Labute approximate surface area is 157 Å². The summed E-state index contributed by atoms with van der Waals surface area (Å²) in [4.78, 5) is 24.1. The molecule has 2 aromatic rings. The topological polar surface area (TPSA) is 79.0 Å². The molecule has 7 nitrogen and oxygen atoms in total. The summed E-state index contributed by atoms with van der Waals surface area (Å²) in [7, 11) is 3.34. The summed E-state index contributed by atoms with van der Waals surface area (Å²) in [6.45, 7) is 4.37. The van der Waals surface area contributed by atoms with Crippen molar-refractivity contribution in [1.82, 2.24) is 19.3 Å². The van der Waals surface area contributed by atoms with Gasteiger partial charge in [-0.1, -0.05) is 11.8 Å². The normalized spacial score (nSPS) is 13.8. The fourth-order valence-electron chi connectivity index (χ4n) is 3.09. The summed E-state index contributed by atoms with van der Waals surface area (Å²) in [5.41, 5.74) is 2.55. The van der Waals surface area contributed by atoms with Crippen LogP contribution in [0.3, 0.4) is 0 Å². The molecule has 140 valence electrons. The molecule has 1 aliphatic carbocycles. The molecule has 8 heteroatoms. The molecule has 2 aromatic heterocycles. The molecule has 1 fully saturated rings. The van der Waals surface area contributed by atoms with Gasteiger partial charge in [-0.05, 0) is 32.8 Å². The lowest BCUT2D eigenvalue weighted by Crippen LogP contribution is -2.11. The molecule has 0 aliphatic heterocycles. The van der Waals surface area contributed by atoms with Gasteiger partial charge in [0, 0.05) is 36.5 Å². The van der Waals surface area contributed by atoms with E-state index in [1.54, 1.807) is 0 Å². The van der Waals surface area contributed by atoms with Gasteiger partial charge in [-0.25, -0.2) is 0 Å². The van der Waals surface area contributed by atoms with Crippen LogP contribution in [0.4, 0.5) is 0 Å². The second-order valence-corrected chi connectivity index (χ2v) is 7.59. The number of thioether (sulfide) groups is 1. The van der Waals surface area contributed by atoms with Gasteiger partial charge in [-0.2, -0.15) is 0 Å². The second kappa shape index (κ2) is 7.65. The number of hydrogen-bond donors (Lipinski definition) is 0. The zero-order valence-electron chi connectivity index (χ0n) is 15.6. The smallest absolute Gasteiger partial charge is 0.307 e. The van der Waals surface area contributed by atoms with Gasteiger partial charge in [0.1, 0.15) is 5.82 Å². The second-order valence-electron chi connectivity index (χ2n) is 6.65. The van der Waals surface area contributed by atoms with E-state index in [4.69, 9.17) is 4.74 Å². The first-order chi connectivity index (χ1) is 12.4. The van der Waals surface area contributed by atoms with Crippen LogP contribution in [0.1, 0.15) is 52.8 Å². The quantitative estimate of drug-likeness (QED) is 0.400. The number of aromatic nitrogens is 4. The van der Waals surface area contributed by atoms with E-state index in [1.807, 2.05) is 36.1 Å². The summed E-state index contributed by atoms with van der Waals surface area (Å²) >= 11 is 1.42. The largest absolute Gasteiger partial charge is 0.469 e. The van der Waals surface area contributed by atoms with Gasteiger partial charge < -0.3 is 13.9 Å². The lowest BCUT2D eigenvalue weighted by molar-refractivity contribution is -0.140. The molecular weight excluding hydrogens is 352 g/mol. The van der Waals surface area contributed by atoms with Crippen molar-refractivity contribution in [3.63, 3.8) is 0 Å². The Bertz CT molecular complexity index is 836. The third-order valence-corrected chi connectivity index (χ3v) is 5.80. The Balaban J connectivity index is 1.65. The van der Waals surface area contributed by atoms with Crippen LogP contribution in [0.2, 0.25) is 0 Å². The van der Waals surface area contributed by atoms with Crippen molar-refractivity contribution in [3.8, 4) is 0 Å². The van der Waals surface area contributed by atoms with Crippen LogP contribution in [0.25, 0.3) is 0 Å². The number of methoxy groups -OCH3 is 1. The maximum atomic E-state index is 12.7. The molecule has 0 unspecified atom stereocenters. The fraction of sp³-hybridized carbons (Fsp3) is 0.556. The van der Waals surface area contributed by atoms with Gasteiger partial charge >= 0.3 is 5.97 Å². The van der Waals surface area contributed by atoms with Gasteiger partial charge in [-0.15, -0.1) is 10.2 Å². The number of carbonyl (C=O) groups excluding carboxylic acids is 2. The minimum Gasteiger partial charge on any atom is -0.469 e. The molecule has 26 heavy (non-hydrogen) atoms. The van der Waals surface area contributed by atoms with E-state index in [1.165, 1.54) is 31.7 Å². The van der Waals surface area contributed by atoms with Crippen molar-refractivity contribution in [3.05, 3.63) is 28.8 Å². The number of carbonyl (C=O) groups is 2. The Morgan fingerprint density at radius 2 is 2.04 bits per heavy atom. The maximum Gasteiger partial charge on any atom is 0.307 e. The summed E-state index contributed by atoms with van der Waals surface area (Å²) < 4.78 is 8.67. The Hall–Kier alpha value is -2.09. The minimum absolute atomic E-state index is 0.0587. The highest BCUT2D eigenvalue weighted by Gasteiger charge is 2.29. The molecule has 0 saturated heterocycles. The molecule has 2 heterocycles. The molecule has 1 saturated carbocycles. The van der Waals surface area contributed by atoms with Gasteiger partial charge in [0.05, 0.1) is 19.3 Å². The molecule has 0 aromatic carbocycles. The van der Waals surface area contributed by atoms with Crippen LogP contribution in [0.15, 0.2) is 11.2 Å². The maximum absolute atomic E-state index is 12.7. The van der Waals surface area contributed by atoms with Crippen molar-refractivity contribution in [1.29, 1.82) is 0 Å². The molecule has 0 spiro atoms. The van der Waals surface area contributed by atoms with Gasteiger partial charge in [-0.3, -0.25) is 9.59 Å². The minimum atomic E-state index is -0.255. The Morgan fingerprint density at radius 1 is 1.31 bits per heavy atom. The summed E-state index contributed by atoms with van der Waals surface area (Å²) in [5, 5.41) is 9.24. The van der Waals surface area contributed by atoms with Gasteiger partial charge in [0.15, 0.2) is 10.9 Å². The molecule has 0 atom stereocenters. The SMILES string of the molecule is COC(=O)CCn1c(C)cc(C(=O)CSc2nnc(C3CC3)n2C)c1C. The third-order valence-electron chi connectivity index (χ3n) is 4.78. The molecular formula is C18H24N4O3S. The predicted molar refractivity (Wildman–Crippen MR) is 98.6 cm³/mol. The molecule has 0 N–H and O–H groups in total. The number of nitrogens with zero attached hydrogens (tertiary/aromatic N) is 4. The zero-order valence-corrected chi connectivity index (χ0v) is 16.4. The molecule has 0 amide bonds. The van der Waals surface area contributed by atoms with Gasteiger partial charge in [0.2, 0.25) is 0 Å². The first kappa shape index (κ1) is 18.7. The van der Waals surface area contributed by atoms with Crippen LogP contribution >= 0.6 is 11.8 Å². The molecule has 3 rings (SSSR count). The highest BCUT2D eigenvalue weighted by Crippen LogP contribution is 2.39. The Kier molecular flexibility index (Phi) is 5.50. The number of esters is 1. The van der Waals surface area contributed by atoms with E-state index in [-0.39, 0.29) is 18.2 Å². The van der Waals surface area contributed by atoms with Crippen LogP contribution < -0.4 is 0 Å². The molecule has 1 aliphatic rings. The molecule has 0 bridgehead atoms. The standard InChI is InChI=1S/C18H24N4O3S/c1-11-9-14(12(2)22(11)8-7-16(24)25-4)15(23)10-26-18-20-19-17(21(18)3)13-5-6-13/h9,13H,5-8,10H2,1-4H3. The number of ether oxygens (including phenoxy) is 1. The van der Waals surface area contributed by atoms with Gasteiger partial charge in [0.25, 0.3) is 0 Å². The zero-order chi connectivity index (χ0) is 18.8. The number of rotatable bonds is 8. The fourth-order valence-corrected chi connectivity index (χ4v) is 3.89. The highest BCUT2D eigenvalue weighted by atomic mass is 32.2. The summed E-state index contributed by atoms with van der Waals surface area (Å²) in [5.74, 6) is 1.67. The van der Waals surface area contributed by atoms with E-state index in [0.29, 0.717) is 23.8 Å². The van der Waals surface area contributed by atoms with Crippen molar-refractivity contribution < 1.29 is 14.3 Å². The highest BCUT2D eigenvalue weighted by molar-refractivity contribution is 7.99. The summed E-state index contributed by atoms with van der Waals surface area (Å²) in [6.07, 6.45) is 2.64. The number of ketones is 1. The molecule has 0 radical (unpaired) electrons. The number of Topliss-reactive ketones (excluding diaryl/α,β-unsaturated/α-hetero) is 1. The number of hydrogen-bond acceptors (Lipinski definition) is 6. The van der Waals surface area contributed by atoms with Crippen LogP contribution in [-0.2, 0) is 23.1 Å². The van der Waals surface area contributed by atoms with Crippen molar-refractivity contribution >= 4 is 23.5 Å². The van der Waals surface area contributed by atoms with Crippen molar-refractivity contribution in [2.75, 3.05) is 12.9 Å². The van der Waals surface area contributed by atoms with E-state index in [9.17, 15) is 9.59 Å². The van der Waals surface area contributed by atoms with Crippen LogP contribution in [0, 0.1) is 13.8 Å². The van der Waals surface area contributed by atoms with Crippen LogP contribution in [-0.4, -0.2) is 43.9 Å².